The van der Waals surface area contributed by atoms with E-state index >= 15 is 0 Å². The van der Waals surface area contributed by atoms with Crippen LogP contribution < -0.4 is 4.74 Å². The van der Waals surface area contributed by atoms with E-state index in [9.17, 15) is 9.59 Å². The fraction of sp³-hybridized carbons (Fsp3) is 0.444. The van der Waals surface area contributed by atoms with Crippen molar-refractivity contribution >= 4 is 12.0 Å². The lowest BCUT2D eigenvalue weighted by Crippen LogP contribution is -2.50. The van der Waals surface area contributed by atoms with E-state index in [0.29, 0.717) is 44.8 Å². The van der Waals surface area contributed by atoms with Crippen molar-refractivity contribution in [3.05, 3.63) is 42.0 Å². The first kappa shape index (κ1) is 17.8. The third kappa shape index (κ3) is 4.07. The molecule has 1 aromatic rings. The molecule has 6 nitrogen and oxygen atoms in total. The van der Waals surface area contributed by atoms with E-state index in [1.165, 1.54) is 0 Å². The number of allylic oxidation sites excluding steroid dienone is 1. The molecular formula is C18H24N2O4. The molecule has 2 amide bonds. The zero-order chi connectivity index (χ0) is 17.5. The quantitative estimate of drug-likeness (QED) is 0.777. The van der Waals surface area contributed by atoms with Gasteiger partial charge in [0.15, 0.2) is 0 Å². The molecule has 1 aliphatic heterocycles. The Labute approximate surface area is 142 Å². The molecule has 2 rings (SSSR count). The molecule has 24 heavy (non-hydrogen) atoms. The van der Waals surface area contributed by atoms with E-state index in [2.05, 4.69) is 6.58 Å². The number of methoxy groups -OCH3 is 1. The van der Waals surface area contributed by atoms with Crippen LogP contribution in [0.3, 0.4) is 0 Å². The van der Waals surface area contributed by atoms with Crippen LogP contribution in [0.4, 0.5) is 4.79 Å². The molecule has 130 valence electrons. The van der Waals surface area contributed by atoms with Gasteiger partial charge in [-0.3, -0.25) is 4.79 Å². The van der Waals surface area contributed by atoms with E-state index in [1.807, 2.05) is 6.07 Å². The summed E-state index contributed by atoms with van der Waals surface area (Å²) in [4.78, 5) is 27.8. The second-order valence-electron chi connectivity index (χ2n) is 5.50. The molecule has 0 aliphatic carbocycles. The first-order valence-corrected chi connectivity index (χ1v) is 8.09. The molecule has 0 saturated carbocycles. The molecule has 1 aliphatic rings. The average Bonchev–Trinajstić information content (AvgIpc) is 2.61. The second-order valence-corrected chi connectivity index (χ2v) is 5.50. The van der Waals surface area contributed by atoms with Crippen LogP contribution in [0.5, 0.6) is 5.75 Å². The smallest absolute Gasteiger partial charge is 0.409 e. The summed E-state index contributed by atoms with van der Waals surface area (Å²) in [6, 6.07) is 5.42. The van der Waals surface area contributed by atoms with Crippen LogP contribution in [0.25, 0.3) is 0 Å². The molecule has 1 saturated heterocycles. The van der Waals surface area contributed by atoms with Crippen molar-refractivity contribution in [1.29, 1.82) is 0 Å². The lowest BCUT2D eigenvalue weighted by atomic mass is 10.1. The fourth-order valence-corrected chi connectivity index (χ4v) is 2.72. The van der Waals surface area contributed by atoms with E-state index in [-0.39, 0.29) is 12.0 Å². The number of hydrogen-bond acceptors (Lipinski definition) is 4. The lowest BCUT2D eigenvalue weighted by Gasteiger charge is -2.34. The highest BCUT2D eigenvalue weighted by atomic mass is 16.6. The maximum Gasteiger partial charge on any atom is 0.409 e. The van der Waals surface area contributed by atoms with Crippen molar-refractivity contribution in [1.82, 2.24) is 9.80 Å². The lowest BCUT2D eigenvalue weighted by molar-refractivity contribution is 0.0570. The van der Waals surface area contributed by atoms with Crippen LogP contribution in [0.1, 0.15) is 22.8 Å². The van der Waals surface area contributed by atoms with Crippen molar-refractivity contribution in [2.24, 2.45) is 0 Å². The van der Waals surface area contributed by atoms with Crippen molar-refractivity contribution < 1.29 is 19.1 Å². The number of piperazine rings is 1. The van der Waals surface area contributed by atoms with E-state index in [1.54, 1.807) is 42.0 Å². The average molecular weight is 332 g/mol. The van der Waals surface area contributed by atoms with Crippen LogP contribution in [0, 0.1) is 0 Å². The summed E-state index contributed by atoms with van der Waals surface area (Å²) in [5, 5.41) is 0. The largest absolute Gasteiger partial charge is 0.496 e. The van der Waals surface area contributed by atoms with Gasteiger partial charge in [0.25, 0.3) is 5.91 Å². The minimum atomic E-state index is -0.317. The van der Waals surface area contributed by atoms with Gasteiger partial charge >= 0.3 is 6.09 Å². The highest BCUT2D eigenvalue weighted by molar-refractivity contribution is 5.94. The summed E-state index contributed by atoms with van der Waals surface area (Å²) < 4.78 is 10.3. The van der Waals surface area contributed by atoms with Gasteiger partial charge < -0.3 is 19.3 Å². The van der Waals surface area contributed by atoms with Crippen LogP contribution in [0.15, 0.2) is 30.9 Å². The molecule has 1 heterocycles. The molecule has 0 atom stereocenters. The van der Waals surface area contributed by atoms with Gasteiger partial charge in [-0.2, -0.15) is 0 Å². The number of benzene rings is 1. The van der Waals surface area contributed by atoms with Crippen molar-refractivity contribution in [2.45, 2.75) is 13.3 Å². The Hall–Kier alpha value is -2.50. The van der Waals surface area contributed by atoms with Crippen LogP contribution in [-0.2, 0) is 11.2 Å². The molecule has 0 unspecified atom stereocenters. The summed E-state index contributed by atoms with van der Waals surface area (Å²) in [5.74, 6) is 0.713. The topological polar surface area (TPSA) is 59.1 Å². The number of carbonyl (C=O) groups excluding carboxylic acids is 2. The molecule has 0 aromatic heterocycles. The van der Waals surface area contributed by atoms with Gasteiger partial charge in [-0.25, -0.2) is 4.79 Å². The Balaban J connectivity index is 2.04. The Morgan fingerprint density at radius 2 is 1.88 bits per heavy atom. The van der Waals surface area contributed by atoms with E-state index in [4.69, 9.17) is 9.47 Å². The Bertz CT molecular complexity index is 607. The van der Waals surface area contributed by atoms with Crippen LogP contribution >= 0.6 is 0 Å². The van der Waals surface area contributed by atoms with Crippen molar-refractivity contribution in [2.75, 3.05) is 39.9 Å². The third-order valence-electron chi connectivity index (χ3n) is 3.98. The highest BCUT2D eigenvalue weighted by Crippen LogP contribution is 2.22. The predicted molar refractivity (Wildman–Crippen MR) is 91.4 cm³/mol. The van der Waals surface area contributed by atoms with Crippen molar-refractivity contribution in [3.63, 3.8) is 0 Å². The molecule has 0 bridgehead atoms. The summed E-state index contributed by atoms with van der Waals surface area (Å²) in [6.45, 7) is 7.85. The van der Waals surface area contributed by atoms with E-state index < -0.39 is 0 Å². The zero-order valence-electron chi connectivity index (χ0n) is 14.3. The number of nitrogens with zero attached hydrogens (tertiary/aromatic N) is 2. The second kappa shape index (κ2) is 8.38. The highest BCUT2D eigenvalue weighted by Gasteiger charge is 2.25. The maximum absolute atomic E-state index is 12.7. The third-order valence-corrected chi connectivity index (χ3v) is 3.98. The summed E-state index contributed by atoms with van der Waals surface area (Å²) in [6.07, 6.45) is 2.10. The minimum Gasteiger partial charge on any atom is -0.496 e. The number of amides is 2. The minimum absolute atomic E-state index is 0.0357. The summed E-state index contributed by atoms with van der Waals surface area (Å²) in [5.41, 5.74) is 1.56. The van der Waals surface area contributed by atoms with Crippen LogP contribution in [-0.4, -0.2) is 61.7 Å². The Kier molecular flexibility index (Phi) is 6.23. The van der Waals surface area contributed by atoms with Gasteiger partial charge in [-0.15, -0.1) is 6.58 Å². The monoisotopic (exact) mass is 332 g/mol. The molecule has 1 fully saturated rings. The molecule has 0 N–H and O–H groups in total. The predicted octanol–water partition coefficient (Wildman–Crippen LogP) is 2.34. The van der Waals surface area contributed by atoms with Gasteiger partial charge in [0.05, 0.1) is 13.7 Å². The van der Waals surface area contributed by atoms with Gasteiger partial charge in [-0.05, 0) is 37.1 Å². The van der Waals surface area contributed by atoms with Gasteiger partial charge in [0.2, 0.25) is 0 Å². The number of hydrogen-bond donors (Lipinski definition) is 0. The fourth-order valence-electron chi connectivity index (χ4n) is 2.72. The van der Waals surface area contributed by atoms with Gasteiger partial charge in [0.1, 0.15) is 5.75 Å². The Morgan fingerprint density at radius 1 is 1.21 bits per heavy atom. The first-order chi connectivity index (χ1) is 11.6. The number of ether oxygens (including phenoxy) is 2. The maximum atomic E-state index is 12.7. The normalized spacial score (nSPS) is 14.2. The summed E-state index contributed by atoms with van der Waals surface area (Å²) in [7, 11) is 1.61. The molecule has 1 aromatic carbocycles. The first-order valence-electron chi connectivity index (χ1n) is 8.09. The van der Waals surface area contributed by atoms with Crippen molar-refractivity contribution in [3.8, 4) is 5.75 Å². The molecule has 0 radical (unpaired) electrons. The number of carbonyl (C=O) groups is 2. The molecule has 0 spiro atoms. The molecular weight excluding hydrogens is 308 g/mol. The zero-order valence-corrected chi connectivity index (χ0v) is 14.3. The van der Waals surface area contributed by atoms with Crippen LogP contribution in [0.2, 0.25) is 0 Å². The SMILES string of the molecule is C=CCc1cc(C(=O)N2CCN(C(=O)OCC)CC2)ccc1OC. The standard InChI is InChI=1S/C18H24N2O4/c1-4-6-14-13-15(7-8-16(14)23-3)17(21)19-9-11-20(12-10-19)18(22)24-5-2/h4,7-8,13H,1,5-6,9-12H2,2-3H3. The number of rotatable bonds is 5. The Morgan fingerprint density at radius 3 is 2.46 bits per heavy atom. The van der Waals surface area contributed by atoms with E-state index in [0.717, 1.165) is 11.3 Å². The summed E-state index contributed by atoms with van der Waals surface area (Å²) >= 11 is 0. The molecule has 6 heteroatoms. The van der Waals surface area contributed by atoms with Gasteiger partial charge in [0, 0.05) is 31.7 Å². The van der Waals surface area contributed by atoms with Gasteiger partial charge in [-0.1, -0.05) is 6.08 Å².